The summed E-state index contributed by atoms with van der Waals surface area (Å²) in [6, 6.07) is 23.5. The van der Waals surface area contributed by atoms with E-state index < -0.39 is 0 Å². The summed E-state index contributed by atoms with van der Waals surface area (Å²) >= 11 is 0. The summed E-state index contributed by atoms with van der Waals surface area (Å²) in [5.74, 6) is 0.184. The van der Waals surface area contributed by atoms with Crippen molar-refractivity contribution in [2.75, 3.05) is 41.7 Å². The van der Waals surface area contributed by atoms with E-state index in [9.17, 15) is 9.59 Å². The Kier molecular flexibility index (Phi) is 7.48. The molecule has 3 aromatic rings. The highest BCUT2D eigenvalue weighted by Gasteiger charge is 2.21. The predicted octanol–water partition coefficient (Wildman–Crippen LogP) is 5.09. The zero-order chi connectivity index (χ0) is 23.9. The molecule has 4 rings (SSSR count). The average molecular weight is 457 g/mol. The summed E-state index contributed by atoms with van der Waals surface area (Å²) in [4.78, 5) is 29.3. The van der Waals surface area contributed by atoms with Gasteiger partial charge in [-0.1, -0.05) is 43.3 Å². The Morgan fingerprint density at radius 1 is 0.794 bits per heavy atom. The SMILES string of the molecule is CCc1ccc(NC(=O)Nc2ccc(N3CCN(C(=O)Cc4ccccc4C)CC3)cc2)cc1. The number of urea groups is 1. The van der Waals surface area contributed by atoms with Gasteiger partial charge in [0.2, 0.25) is 5.91 Å². The second kappa shape index (κ2) is 10.9. The van der Waals surface area contributed by atoms with Gasteiger partial charge in [-0.25, -0.2) is 4.79 Å². The predicted molar refractivity (Wildman–Crippen MR) is 139 cm³/mol. The molecular weight excluding hydrogens is 424 g/mol. The minimum Gasteiger partial charge on any atom is -0.368 e. The smallest absolute Gasteiger partial charge is 0.323 e. The lowest BCUT2D eigenvalue weighted by Gasteiger charge is -2.36. The van der Waals surface area contributed by atoms with Crippen molar-refractivity contribution in [1.82, 2.24) is 4.90 Å². The zero-order valence-electron chi connectivity index (χ0n) is 19.9. The average Bonchev–Trinajstić information content (AvgIpc) is 2.86. The highest BCUT2D eigenvalue weighted by molar-refractivity contribution is 5.99. The molecule has 0 unspecified atom stereocenters. The number of hydrogen-bond acceptors (Lipinski definition) is 3. The number of carbonyl (C=O) groups is 2. The van der Waals surface area contributed by atoms with Crippen molar-refractivity contribution in [3.8, 4) is 0 Å². The van der Waals surface area contributed by atoms with Crippen molar-refractivity contribution in [2.45, 2.75) is 26.7 Å². The topological polar surface area (TPSA) is 64.7 Å². The van der Waals surface area contributed by atoms with E-state index in [4.69, 9.17) is 0 Å². The van der Waals surface area contributed by atoms with Crippen molar-refractivity contribution in [3.63, 3.8) is 0 Å². The Bertz CT molecular complexity index is 1120. The minimum absolute atomic E-state index is 0.184. The molecule has 1 fully saturated rings. The van der Waals surface area contributed by atoms with Crippen LogP contribution in [0.4, 0.5) is 21.9 Å². The van der Waals surface area contributed by atoms with Crippen LogP contribution in [0.15, 0.2) is 72.8 Å². The third-order valence-electron chi connectivity index (χ3n) is 6.35. The molecule has 0 aliphatic carbocycles. The molecule has 1 aliphatic rings. The van der Waals surface area contributed by atoms with E-state index in [0.717, 1.165) is 47.7 Å². The first-order valence-electron chi connectivity index (χ1n) is 11.9. The van der Waals surface area contributed by atoms with E-state index in [1.165, 1.54) is 5.56 Å². The zero-order valence-corrected chi connectivity index (χ0v) is 19.9. The summed E-state index contributed by atoms with van der Waals surface area (Å²) in [5, 5.41) is 5.74. The maximum Gasteiger partial charge on any atom is 0.323 e. The van der Waals surface area contributed by atoms with Gasteiger partial charge in [-0.2, -0.15) is 0 Å². The maximum atomic E-state index is 12.7. The summed E-state index contributed by atoms with van der Waals surface area (Å²) in [6.45, 7) is 7.16. The fourth-order valence-corrected chi connectivity index (χ4v) is 4.17. The van der Waals surface area contributed by atoms with Crippen LogP contribution in [0.2, 0.25) is 0 Å². The van der Waals surface area contributed by atoms with Gasteiger partial charge in [0.1, 0.15) is 0 Å². The monoisotopic (exact) mass is 456 g/mol. The Morgan fingerprint density at radius 2 is 1.38 bits per heavy atom. The van der Waals surface area contributed by atoms with Crippen LogP contribution in [-0.2, 0) is 17.6 Å². The molecule has 1 aliphatic heterocycles. The molecule has 1 heterocycles. The molecule has 6 nitrogen and oxygen atoms in total. The fourth-order valence-electron chi connectivity index (χ4n) is 4.17. The summed E-state index contributed by atoms with van der Waals surface area (Å²) in [7, 11) is 0. The number of nitrogens with one attached hydrogen (secondary N) is 2. The number of hydrogen-bond donors (Lipinski definition) is 2. The van der Waals surface area contributed by atoms with Gasteiger partial charge in [0, 0.05) is 43.2 Å². The Balaban J connectivity index is 1.26. The van der Waals surface area contributed by atoms with E-state index in [-0.39, 0.29) is 11.9 Å². The minimum atomic E-state index is -0.266. The molecule has 0 radical (unpaired) electrons. The number of carbonyl (C=O) groups excluding carboxylic acids is 2. The number of anilines is 3. The van der Waals surface area contributed by atoms with Crippen molar-refractivity contribution in [3.05, 3.63) is 89.5 Å². The number of aryl methyl sites for hydroxylation is 2. The molecule has 1 saturated heterocycles. The summed E-state index contributed by atoms with van der Waals surface area (Å²) in [6.07, 6.45) is 1.43. The van der Waals surface area contributed by atoms with E-state index in [1.54, 1.807) is 0 Å². The molecule has 0 spiro atoms. The molecule has 176 valence electrons. The van der Waals surface area contributed by atoms with Crippen LogP contribution >= 0.6 is 0 Å². The molecule has 6 heteroatoms. The van der Waals surface area contributed by atoms with E-state index in [0.29, 0.717) is 19.5 Å². The quantitative estimate of drug-likeness (QED) is 0.543. The van der Waals surface area contributed by atoms with Crippen LogP contribution in [0, 0.1) is 6.92 Å². The molecule has 0 atom stereocenters. The first-order chi connectivity index (χ1) is 16.5. The first kappa shape index (κ1) is 23.4. The Hall–Kier alpha value is -3.80. The highest BCUT2D eigenvalue weighted by atomic mass is 16.2. The van der Waals surface area contributed by atoms with Crippen LogP contribution in [0.3, 0.4) is 0 Å². The van der Waals surface area contributed by atoms with Crippen molar-refractivity contribution < 1.29 is 9.59 Å². The number of rotatable bonds is 6. The lowest BCUT2D eigenvalue weighted by atomic mass is 10.1. The van der Waals surface area contributed by atoms with Crippen molar-refractivity contribution >= 4 is 29.0 Å². The number of nitrogens with zero attached hydrogens (tertiary/aromatic N) is 2. The van der Waals surface area contributed by atoms with Gasteiger partial charge in [0.05, 0.1) is 6.42 Å². The molecule has 0 saturated carbocycles. The molecule has 3 amide bonds. The van der Waals surface area contributed by atoms with Crippen LogP contribution in [0.25, 0.3) is 0 Å². The normalized spacial score (nSPS) is 13.5. The largest absolute Gasteiger partial charge is 0.368 e. The second-order valence-corrected chi connectivity index (χ2v) is 8.65. The highest BCUT2D eigenvalue weighted by Crippen LogP contribution is 2.20. The number of benzene rings is 3. The van der Waals surface area contributed by atoms with Crippen LogP contribution < -0.4 is 15.5 Å². The second-order valence-electron chi connectivity index (χ2n) is 8.65. The van der Waals surface area contributed by atoms with Crippen LogP contribution in [0.1, 0.15) is 23.6 Å². The van der Waals surface area contributed by atoms with Gasteiger partial charge >= 0.3 is 6.03 Å². The molecule has 0 bridgehead atoms. The van der Waals surface area contributed by atoms with E-state index in [2.05, 4.69) is 22.5 Å². The van der Waals surface area contributed by atoms with Gasteiger partial charge in [-0.3, -0.25) is 4.79 Å². The third-order valence-corrected chi connectivity index (χ3v) is 6.35. The van der Waals surface area contributed by atoms with Gasteiger partial charge in [-0.05, 0) is 66.4 Å². The number of amides is 3. The first-order valence-corrected chi connectivity index (χ1v) is 11.9. The lowest BCUT2D eigenvalue weighted by molar-refractivity contribution is -0.130. The molecule has 34 heavy (non-hydrogen) atoms. The van der Waals surface area contributed by atoms with Crippen molar-refractivity contribution in [2.24, 2.45) is 0 Å². The third kappa shape index (κ3) is 5.95. The van der Waals surface area contributed by atoms with Crippen molar-refractivity contribution in [1.29, 1.82) is 0 Å². The van der Waals surface area contributed by atoms with Gasteiger partial charge in [-0.15, -0.1) is 0 Å². The Labute approximate surface area is 201 Å². The van der Waals surface area contributed by atoms with Crippen LogP contribution in [-0.4, -0.2) is 43.0 Å². The van der Waals surface area contributed by atoms with Gasteiger partial charge in [0.25, 0.3) is 0 Å². The van der Waals surface area contributed by atoms with Crippen LogP contribution in [0.5, 0.6) is 0 Å². The Morgan fingerprint density at radius 3 is 1.97 bits per heavy atom. The summed E-state index contributed by atoms with van der Waals surface area (Å²) < 4.78 is 0. The van der Waals surface area contributed by atoms with E-state index in [1.807, 2.05) is 84.6 Å². The maximum absolute atomic E-state index is 12.7. The van der Waals surface area contributed by atoms with E-state index >= 15 is 0 Å². The lowest BCUT2D eigenvalue weighted by Crippen LogP contribution is -2.49. The van der Waals surface area contributed by atoms with Gasteiger partial charge in [0.15, 0.2) is 0 Å². The standard InChI is InChI=1S/C28H32N4O2/c1-3-22-8-10-24(11-9-22)29-28(34)30-25-12-14-26(15-13-25)31-16-18-32(19-17-31)27(33)20-23-7-5-4-6-21(23)2/h4-15H,3,16-20H2,1-2H3,(H2,29,30,34). The fraction of sp³-hybridized carbons (Fsp3) is 0.286. The molecule has 0 aromatic heterocycles. The number of piperazine rings is 1. The van der Waals surface area contributed by atoms with Gasteiger partial charge < -0.3 is 20.4 Å². The molecule has 3 aromatic carbocycles. The summed E-state index contributed by atoms with van der Waals surface area (Å²) in [5.41, 5.74) is 6.08. The molecular formula is C28H32N4O2. The molecule has 2 N–H and O–H groups in total.